The maximum Gasteiger partial charge on any atom is 0.224 e. The first-order chi connectivity index (χ1) is 8.17. The van der Waals surface area contributed by atoms with E-state index in [9.17, 15) is 4.39 Å². The van der Waals surface area contributed by atoms with Crippen LogP contribution in [0.2, 0.25) is 0 Å². The van der Waals surface area contributed by atoms with Crippen LogP contribution >= 0.6 is 11.8 Å². The third-order valence-electron chi connectivity index (χ3n) is 1.92. The Morgan fingerprint density at radius 1 is 1.29 bits per heavy atom. The van der Waals surface area contributed by atoms with Crippen LogP contribution in [0.1, 0.15) is 0 Å². The normalized spacial score (nSPS) is 10.2. The smallest absolute Gasteiger partial charge is 0.224 e. The molecule has 0 aliphatic rings. The lowest BCUT2D eigenvalue weighted by Gasteiger charge is -2.04. The lowest BCUT2D eigenvalue weighted by Crippen LogP contribution is -1.98. The topological polar surface area (TPSA) is 61.0 Å². The summed E-state index contributed by atoms with van der Waals surface area (Å²) in [5, 5.41) is 0.611. The van der Waals surface area contributed by atoms with Gasteiger partial charge in [0.15, 0.2) is 0 Å². The van der Waals surface area contributed by atoms with Gasteiger partial charge < -0.3 is 10.5 Å². The Balaban J connectivity index is 2.26. The van der Waals surface area contributed by atoms with E-state index in [0.717, 1.165) is 4.90 Å². The monoisotopic (exact) mass is 251 g/mol. The second-order valence-corrected chi connectivity index (χ2v) is 4.26. The number of benzene rings is 1. The molecule has 17 heavy (non-hydrogen) atoms. The van der Waals surface area contributed by atoms with Crippen LogP contribution in [-0.2, 0) is 0 Å². The molecule has 4 nitrogen and oxygen atoms in total. The van der Waals surface area contributed by atoms with Crippen molar-refractivity contribution >= 4 is 17.7 Å². The van der Waals surface area contributed by atoms with E-state index in [-0.39, 0.29) is 11.8 Å². The quantitative estimate of drug-likeness (QED) is 0.848. The third-order valence-corrected chi connectivity index (χ3v) is 2.83. The minimum Gasteiger partial charge on any atom is -0.481 e. The van der Waals surface area contributed by atoms with Crippen molar-refractivity contribution in [2.75, 3.05) is 12.8 Å². The van der Waals surface area contributed by atoms with Crippen molar-refractivity contribution in [1.29, 1.82) is 0 Å². The largest absolute Gasteiger partial charge is 0.481 e. The number of ether oxygens (including phenoxy) is 1. The Kier molecular flexibility index (Phi) is 3.43. The van der Waals surface area contributed by atoms with Gasteiger partial charge in [-0.2, -0.15) is 4.98 Å². The van der Waals surface area contributed by atoms with Crippen molar-refractivity contribution < 1.29 is 9.13 Å². The molecule has 1 aromatic heterocycles. The number of anilines is 1. The summed E-state index contributed by atoms with van der Waals surface area (Å²) >= 11 is 1.29. The molecular weight excluding hydrogens is 241 g/mol. The van der Waals surface area contributed by atoms with Crippen LogP contribution in [0.3, 0.4) is 0 Å². The Hall–Kier alpha value is -1.82. The van der Waals surface area contributed by atoms with E-state index in [1.54, 1.807) is 18.2 Å². The fraction of sp³-hybridized carbons (Fsp3) is 0.0909. The zero-order chi connectivity index (χ0) is 12.3. The maximum atomic E-state index is 13.0. The molecule has 0 radical (unpaired) electrons. The van der Waals surface area contributed by atoms with E-state index < -0.39 is 0 Å². The highest BCUT2D eigenvalue weighted by Gasteiger charge is 2.05. The van der Waals surface area contributed by atoms with Crippen LogP contribution in [-0.4, -0.2) is 17.1 Å². The zero-order valence-corrected chi connectivity index (χ0v) is 9.87. The average molecular weight is 251 g/mol. The van der Waals surface area contributed by atoms with Gasteiger partial charge in [-0.25, -0.2) is 9.37 Å². The number of aromatic nitrogens is 2. The second kappa shape index (κ2) is 5.01. The summed E-state index contributed by atoms with van der Waals surface area (Å²) < 4.78 is 18.0. The number of methoxy groups -OCH3 is 1. The molecule has 1 heterocycles. The van der Waals surface area contributed by atoms with Gasteiger partial charge in [0.25, 0.3) is 0 Å². The summed E-state index contributed by atoms with van der Waals surface area (Å²) in [7, 11) is 1.50. The third kappa shape index (κ3) is 3.07. The molecule has 2 rings (SSSR count). The summed E-state index contributed by atoms with van der Waals surface area (Å²) in [6.45, 7) is 0. The van der Waals surface area contributed by atoms with Gasteiger partial charge in [0.2, 0.25) is 11.8 Å². The van der Waals surface area contributed by atoms with Crippen molar-refractivity contribution in [3.8, 4) is 5.88 Å². The van der Waals surface area contributed by atoms with Gasteiger partial charge >= 0.3 is 0 Å². The minimum atomic E-state index is -0.288. The van der Waals surface area contributed by atoms with Gasteiger partial charge in [-0.3, -0.25) is 0 Å². The predicted octanol–water partition coefficient (Wildman–Crippen LogP) is 2.36. The number of nitrogens with two attached hydrogens (primary N) is 1. The molecule has 0 amide bonds. The highest BCUT2D eigenvalue weighted by Crippen LogP contribution is 2.28. The van der Waals surface area contributed by atoms with Crippen LogP contribution in [0.15, 0.2) is 40.3 Å². The van der Waals surface area contributed by atoms with Crippen LogP contribution in [0.4, 0.5) is 10.3 Å². The average Bonchev–Trinajstić information content (AvgIpc) is 2.28. The number of hydrogen-bond donors (Lipinski definition) is 1. The van der Waals surface area contributed by atoms with Crippen LogP contribution in [0, 0.1) is 5.82 Å². The van der Waals surface area contributed by atoms with Crippen LogP contribution < -0.4 is 10.5 Å². The summed E-state index contributed by atoms with van der Waals surface area (Å²) in [6, 6.07) is 7.89. The lowest BCUT2D eigenvalue weighted by molar-refractivity contribution is 0.396. The molecule has 0 unspecified atom stereocenters. The van der Waals surface area contributed by atoms with E-state index in [1.165, 1.54) is 31.0 Å². The number of halogens is 1. The molecule has 0 saturated heterocycles. The predicted molar refractivity (Wildman–Crippen MR) is 63.5 cm³/mol. The Morgan fingerprint density at radius 3 is 2.82 bits per heavy atom. The molecule has 0 aliphatic heterocycles. The molecule has 0 spiro atoms. The number of rotatable bonds is 3. The molecule has 0 fully saturated rings. The van der Waals surface area contributed by atoms with Crippen molar-refractivity contribution in [1.82, 2.24) is 9.97 Å². The molecule has 1 aromatic carbocycles. The van der Waals surface area contributed by atoms with Crippen molar-refractivity contribution in [3.63, 3.8) is 0 Å². The molecular formula is C11H10FN3OS. The van der Waals surface area contributed by atoms with Crippen molar-refractivity contribution in [2.24, 2.45) is 0 Å². The summed E-state index contributed by atoms with van der Waals surface area (Å²) in [5.74, 6) is 0.226. The number of nitrogens with zero attached hydrogens (tertiary/aromatic N) is 2. The molecule has 88 valence electrons. The SMILES string of the molecule is COc1cc(Sc2cccc(F)c2)nc(N)n1. The van der Waals surface area contributed by atoms with Crippen molar-refractivity contribution in [2.45, 2.75) is 9.92 Å². The van der Waals surface area contributed by atoms with Gasteiger partial charge in [-0.15, -0.1) is 0 Å². The highest BCUT2D eigenvalue weighted by molar-refractivity contribution is 7.99. The number of nitrogen functional groups attached to an aromatic ring is 1. The first-order valence-electron chi connectivity index (χ1n) is 4.79. The van der Waals surface area contributed by atoms with Crippen LogP contribution in [0.5, 0.6) is 5.88 Å². The van der Waals surface area contributed by atoms with E-state index in [4.69, 9.17) is 10.5 Å². The molecule has 2 N–H and O–H groups in total. The summed E-state index contributed by atoms with van der Waals surface area (Å²) in [6.07, 6.45) is 0. The van der Waals surface area contributed by atoms with E-state index in [1.807, 2.05) is 0 Å². The van der Waals surface area contributed by atoms with Gasteiger partial charge in [0.05, 0.1) is 7.11 Å². The van der Waals surface area contributed by atoms with Crippen LogP contribution in [0.25, 0.3) is 0 Å². The Morgan fingerprint density at radius 2 is 2.12 bits per heavy atom. The molecule has 0 saturated carbocycles. The highest BCUT2D eigenvalue weighted by atomic mass is 32.2. The molecule has 6 heteroatoms. The van der Waals surface area contributed by atoms with Crippen molar-refractivity contribution in [3.05, 3.63) is 36.1 Å². The fourth-order valence-corrected chi connectivity index (χ4v) is 2.09. The molecule has 0 atom stereocenters. The Labute approximate surface area is 102 Å². The number of hydrogen-bond acceptors (Lipinski definition) is 5. The lowest BCUT2D eigenvalue weighted by atomic mass is 10.4. The molecule has 0 aliphatic carbocycles. The first-order valence-corrected chi connectivity index (χ1v) is 5.61. The maximum absolute atomic E-state index is 13.0. The van der Waals surface area contributed by atoms with E-state index in [0.29, 0.717) is 10.9 Å². The molecule has 2 aromatic rings. The van der Waals surface area contributed by atoms with E-state index in [2.05, 4.69) is 9.97 Å². The zero-order valence-electron chi connectivity index (χ0n) is 9.05. The fourth-order valence-electron chi connectivity index (χ4n) is 1.23. The van der Waals surface area contributed by atoms with Gasteiger partial charge in [0.1, 0.15) is 10.8 Å². The standard InChI is InChI=1S/C11H10FN3OS/c1-16-9-6-10(15-11(13)14-9)17-8-4-2-3-7(12)5-8/h2-6H,1H3,(H2,13,14,15). The van der Waals surface area contributed by atoms with Gasteiger partial charge in [-0.1, -0.05) is 17.8 Å². The van der Waals surface area contributed by atoms with Gasteiger partial charge in [-0.05, 0) is 18.2 Å². The van der Waals surface area contributed by atoms with E-state index >= 15 is 0 Å². The second-order valence-electron chi connectivity index (χ2n) is 3.17. The minimum absolute atomic E-state index is 0.128. The first kappa shape index (κ1) is 11.7. The molecule has 0 bridgehead atoms. The summed E-state index contributed by atoms with van der Waals surface area (Å²) in [5.41, 5.74) is 5.53. The summed E-state index contributed by atoms with van der Waals surface area (Å²) in [4.78, 5) is 8.64. The Bertz CT molecular complexity index is 536. The van der Waals surface area contributed by atoms with Gasteiger partial charge in [0, 0.05) is 11.0 Å².